The second kappa shape index (κ2) is 8.72. The second-order valence-corrected chi connectivity index (χ2v) is 5.85. The van der Waals surface area contributed by atoms with Gasteiger partial charge in [0.05, 0.1) is 12.8 Å². The first kappa shape index (κ1) is 17.5. The summed E-state index contributed by atoms with van der Waals surface area (Å²) in [5.74, 6) is 1.19. The van der Waals surface area contributed by atoms with Gasteiger partial charge in [0.15, 0.2) is 0 Å². The molecule has 126 valence electrons. The minimum atomic E-state index is -0.305. The van der Waals surface area contributed by atoms with Crippen molar-refractivity contribution >= 4 is 12.1 Å². The van der Waals surface area contributed by atoms with Crippen LogP contribution >= 0.6 is 0 Å². The van der Waals surface area contributed by atoms with Gasteiger partial charge in [-0.05, 0) is 54.3 Å². The van der Waals surface area contributed by atoms with Gasteiger partial charge in [-0.3, -0.25) is 4.79 Å². The highest BCUT2D eigenvalue weighted by atomic mass is 16.5. The third kappa shape index (κ3) is 5.76. The minimum Gasteiger partial charge on any atom is -0.508 e. The standard InChI is InChI=1S/C19H22N2O3/c1-14(2)10-11-24-18-8-6-16(7-9-18)19(23)21-20-13-15-4-3-5-17(22)12-15/h3-9,12-14,22H,10-11H2,1-2H3,(H,21,23). The molecular weight excluding hydrogens is 304 g/mol. The van der Waals surface area contributed by atoms with E-state index in [2.05, 4.69) is 24.4 Å². The molecule has 0 aliphatic heterocycles. The molecule has 0 aliphatic carbocycles. The number of amides is 1. The van der Waals surface area contributed by atoms with Gasteiger partial charge in [-0.2, -0.15) is 5.10 Å². The molecule has 0 saturated heterocycles. The summed E-state index contributed by atoms with van der Waals surface area (Å²) < 4.78 is 5.62. The molecule has 0 aromatic heterocycles. The van der Waals surface area contributed by atoms with Crippen LogP contribution in [0.2, 0.25) is 0 Å². The van der Waals surface area contributed by atoms with E-state index >= 15 is 0 Å². The van der Waals surface area contributed by atoms with E-state index in [9.17, 15) is 9.90 Å². The Morgan fingerprint density at radius 1 is 1.25 bits per heavy atom. The van der Waals surface area contributed by atoms with Gasteiger partial charge >= 0.3 is 0 Å². The lowest BCUT2D eigenvalue weighted by Gasteiger charge is -2.08. The molecule has 0 saturated carbocycles. The van der Waals surface area contributed by atoms with Crippen molar-refractivity contribution in [1.82, 2.24) is 5.43 Å². The van der Waals surface area contributed by atoms with Crippen LogP contribution in [0.25, 0.3) is 0 Å². The highest BCUT2D eigenvalue weighted by molar-refractivity contribution is 5.95. The fourth-order valence-electron chi connectivity index (χ4n) is 1.95. The van der Waals surface area contributed by atoms with Crippen molar-refractivity contribution in [2.24, 2.45) is 11.0 Å². The van der Waals surface area contributed by atoms with Crippen LogP contribution in [0.5, 0.6) is 11.5 Å². The van der Waals surface area contributed by atoms with Gasteiger partial charge in [-0.25, -0.2) is 5.43 Å². The van der Waals surface area contributed by atoms with Crippen molar-refractivity contribution in [1.29, 1.82) is 0 Å². The molecule has 0 radical (unpaired) electrons. The molecule has 2 N–H and O–H groups in total. The van der Waals surface area contributed by atoms with Crippen molar-refractivity contribution in [3.05, 3.63) is 59.7 Å². The molecule has 2 rings (SSSR count). The highest BCUT2D eigenvalue weighted by Crippen LogP contribution is 2.13. The Balaban J connectivity index is 1.86. The number of carbonyl (C=O) groups is 1. The highest BCUT2D eigenvalue weighted by Gasteiger charge is 2.04. The summed E-state index contributed by atoms with van der Waals surface area (Å²) in [6, 6.07) is 13.5. The molecule has 0 spiro atoms. The van der Waals surface area contributed by atoms with Crippen molar-refractivity contribution < 1.29 is 14.6 Å². The summed E-state index contributed by atoms with van der Waals surface area (Å²) in [5.41, 5.74) is 3.65. The van der Waals surface area contributed by atoms with E-state index < -0.39 is 0 Å². The van der Waals surface area contributed by atoms with Gasteiger partial charge in [0.25, 0.3) is 5.91 Å². The first-order valence-corrected chi connectivity index (χ1v) is 7.90. The average Bonchev–Trinajstić information content (AvgIpc) is 2.55. The third-order valence-corrected chi connectivity index (χ3v) is 3.33. The number of hydrazone groups is 1. The van der Waals surface area contributed by atoms with Crippen molar-refractivity contribution in [2.75, 3.05) is 6.61 Å². The summed E-state index contributed by atoms with van der Waals surface area (Å²) in [6.07, 6.45) is 2.47. The zero-order chi connectivity index (χ0) is 17.4. The molecule has 0 atom stereocenters. The Morgan fingerprint density at radius 3 is 2.67 bits per heavy atom. The van der Waals surface area contributed by atoms with Crippen LogP contribution in [0.1, 0.15) is 36.2 Å². The Morgan fingerprint density at radius 2 is 2.00 bits per heavy atom. The Bertz CT molecular complexity index is 694. The predicted octanol–water partition coefficient (Wildman–Crippen LogP) is 3.58. The Labute approximate surface area is 142 Å². The van der Waals surface area contributed by atoms with Crippen molar-refractivity contribution in [3.8, 4) is 11.5 Å². The summed E-state index contributed by atoms with van der Waals surface area (Å²) in [6.45, 7) is 4.96. The maximum atomic E-state index is 12.0. The van der Waals surface area contributed by atoms with Crippen LogP contribution in [0, 0.1) is 5.92 Å². The maximum Gasteiger partial charge on any atom is 0.271 e. The van der Waals surface area contributed by atoms with Crippen LogP contribution in [-0.4, -0.2) is 23.8 Å². The van der Waals surface area contributed by atoms with Gasteiger partial charge in [-0.1, -0.05) is 26.0 Å². The van der Waals surface area contributed by atoms with E-state index in [1.807, 2.05) is 0 Å². The van der Waals surface area contributed by atoms with Gasteiger partial charge in [-0.15, -0.1) is 0 Å². The number of aromatic hydroxyl groups is 1. The molecule has 2 aromatic rings. The molecule has 0 heterocycles. The van der Waals surface area contributed by atoms with Crippen LogP contribution in [-0.2, 0) is 0 Å². The van der Waals surface area contributed by atoms with E-state index in [0.29, 0.717) is 23.7 Å². The Kier molecular flexibility index (Phi) is 6.37. The zero-order valence-corrected chi connectivity index (χ0v) is 13.9. The quantitative estimate of drug-likeness (QED) is 0.603. The molecular formula is C19H22N2O3. The van der Waals surface area contributed by atoms with Crippen LogP contribution in [0.15, 0.2) is 53.6 Å². The number of hydrogen-bond donors (Lipinski definition) is 2. The lowest BCUT2D eigenvalue weighted by Crippen LogP contribution is -2.17. The normalized spacial score (nSPS) is 11.0. The number of benzene rings is 2. The number of nitrogens with zero attached hydrogens (tertiary/aromatic N) is 1. The predicted molar refractivity (Wildman–Crippen MR) is 94.6 cm³/mol. The number of hydrogen-bond acceptors (Lipinski definition) is 4. The summed E-state index contributed by atoms with van der Waals surface area (Å²) in [7, 11) is 0. The monoisotopic (exact) mass is 326 g/mol. The topological polar surface area (TPSA) is 70.9 Å². The molecule has 0 aliphatic rings. The first-order chi connectivity index (χ1) is 11.5. The van der Waals surface area contributed by atoms with Gasteiger partial charge < -0.3 is 9.84 Å². The number of rotatable bonds is 7. The number of ether oxygens (including phenoxy) is 1. The molecule has 5 heteroatoms. The third-order valence-electron chi connectivity index (χ3n) is 3.33. The lowest BCUT2D eigenvalue weighted by atomic mass is 10.1. The largest absolute Gasteiger partial charge is 0.508 e. The van der Waals surface area contributed by atoms with Gasteiger partial charge in [0.2, 0.25) is 0 Å². The summed E-state index contributed by atoms with van der Waals surface area (Å²) in [5, 5.41) is 13.2. The zero-order valence-electron chi connectivity index (χ0n) is 13.9. The molecule has 0 unspecified atom stereocenters. The Hall–Kier alpha value is -2.82. The van der Waals surface area contributed by atoms with Crippen LogP contribution in [0.3, 0.4) is 0 Å². The summed E-state index contributed by atoms with van der Waals surface area (Å²) >= 11 is 0. The number of phenols is 1. The smallest absolute Gasteiger partial charge is 0.271 e. The second-order valence-electron chi connectivity index (χ2n) is 5.85. The van der Waals surface area contributed by atoms with E-state index in [1.54, 1.807) is 48.5 Å². The molecule has 1 amide bonds. The number of phenolic OH excluding ortho intramolecular Hbond substituents is 1. The van der Waals surface area contributed by atoms with Gasteiger partial charge in [0.1, 0.15) is 11.5 Å². The van der Waals surface area contributed by atoms with Crippen LogP contribution in [0.4, 0.5) is 0 Å². The van der Waals surface area contributed by atoms with Gasteiger partial charge in [0, 0.05) is 5.56 Å². The molecule has 5 nitrogen and oxygen atoms in total. The van der Waals surface area contributed by atoms with E-state index in [1.165, 1.54) is 6.21 Å². The lowest BCUT2D eigenvalue weighted by molar-refractivity contribution is 0.0955. The van der Waals surface area contributed by atoms with E-state index in [0.717, 1.165) is 12.2 Å². The number of carbonyl (C=O) groups excluding carboxylic acids is 1. The van der Waals surface area contributed by atoms with E-state index in [4.69, 9.17) is 4.74 Å². The fourth-order valence-corrected chi connectivity index (χ4v) is 1.95. The number of nitrogens with one attached hydrogen (secondary N) is 1. The van der Waals surface area contributed by atoms with E-state index in [-0.39, 0.29) is 11.7 Å². The minimum absolute atomic E-state index is 0.151. The summed E-state index contributed by atoms with van der Waals surface area (Å²) in [4.78, 5) is 12.0. The molecule has 24 heavy (non-hydrogen) atoms. The molecule has 0 fully saturated rings. The van der Waals surface area contributed by atoms with Crippen molar-refractivity contribution in [2.45, 2.75) is 20.3 Å². The van der Waals surface area contributed by atoms with Crippen molar-refractivity contribution in [3.63, 3.8) is 0 Å². The average molecular weight is 326 g/mol. The molecule has 0 bridgehead atoms. The maximum absolute atomic E-state index is 12.0. The molecule has 2 aromatic carbocycles. The first-order valence-electron chi connectivity index (χ1n) is 7.90. The fraction of sp³-hybridized carbons (Fsp3) is 0.263. The van der Waals surface area contributed by atoms with Crippen LogP contribution < -0.4 is 10.2 Å². The SMILES string of the molecule is CC(C)CCOc1ccc(C(=O)NN=Cc2cccc(O)c2)cc1.